The Kier molecular flexibility index (Phi) is 11.6. The number of ether oxygens (including phenoxy) is 1. The van der Waals surface area contributed by atoms with E-state index in [0.29, 0.717) is 12.5 Å². The van der Waals surface area contributed by atoms with Gasteiger partial charge in [0.2, 0.25) is 0 Å². The predicted octanol–water partition coefficient (Wildman–Crippen LogP) is 4.50. The third kappa shape index (κ3) is 8.50. The number of hydrogen-bond acceptors (Lipinski definition) is 4. The van der Waals surface area contributed by atoms with Gasteiger partial charge in [-0.2, -0.15) is 0 Å². The van der Waals surface area contributed by atoms with Crippen LogP contribution in [0.3, 0.4) is 0 Å². The highest BCUT2D eigenvalue weighted by atomic mass is 127. The van der Waals surface area contributed by atoms with E-state index in [9.17, 15) is 0 Å². The van der Waals surface area contributed by atoms with Crippen molar-refractivity contribution in [2.45, 2.75) is 53.0 Å². The Bertz CT molecular complexity index is 716. The highest BCUT2D eigenvalue weighted by Crippen LogP contribution is 2.15. The van der Waals surface area contributed by atoms with E-state index in [1.165, 1.54) is 5.56 Å². The first-order chi connectivity index (χ1) is 13.1. The van der Waals surface area contributed by atoms with Crippen molar-refractivity contribution in [2.24, 2.45) is 4.99 Å². The first-order valence-corrected chi connectivity index (χ1v) is 9.81. The number of aromatic nitrogens is 1. The summed E-state index contributed by atoms with van der Waals surface area (Å²) in [5, 5.41) is 10.7. The number of hydrogen-bond donors (Lipinski definition) is 2. The molecule has 1 aromatic carbocycles. The Hall–Kier alpha value is -1.77. The molecule has 0 spiro atoms. The lowest BCUT2D eigenvalue weighted by molar-refractivity contribution is 0.317. The normalized spacial score (nSPS) is 11.2. The molecule has 2 rings (SSSR count). The molecule has 0 aliphatic rings. The minimum absolute atomic E-state index is 0. The Morgan fingerprint density at radius 1 is 1.21 bits per heavy atom. The zero-order valence-corrected chi connectivity index (χ0v) is 19.7. The van der Waals surface area contributed by atoms with Crippen LogP contribution in [0.1, 0.15) is 57.1 Å². The van der Waals surface area contributed by atoms with E-state index >= 15 is 0 Å². The highest BCUT2D eigenvalue weighted by Gasteiger charge is 2.07. The second kappa shape index (κ2) is 13.4. The molecule has 0 aliphatic heterocycles. The lowest BCUT2D eigenvalue weighted by Crippen LogP contribution is -2.38. The van der Waals surface area contributed by atoms with Crippen LogP contribution in [-0.2, 0) is 13.0 Å². The van der Waals surface area contributed by atoms with Gasteiger partial charge in [-0.05, 0) is 43.4 Å². The number of halogens is 1. The molecule has 2 aromatic rings. The quantitative estimate of drug-likeness (QED) is 0.286. The summed E-state index contributed by atoms with van der Waals surface area (Å²) in [4.78, 5) is 4.58. The molecule has 0 aliphatic carbocycles. The first-order valence-electron chi connectivity index (χ1n) is 9.81. The summed E-state index contributed by atoms with van der Waals surface area (Å²) in [5.74, 6) is 2.84. The Labute approximate surface area is 185 Å². The fourth-order valence-electron chi connectivity index (χ4n) is 2.51. The monoisotopic (exact) mass is 500 g/mol. The standard InChI is InChI=1S/C21H32N4O2.HI/c1-5-12-26-18-9-7-8-17(13-18)10-11-23-21(22-6-2)24-15-19-14-20(16(3)4)25-27-19;/h7-9,13-14,16H,5-6,10-12,15H2,1-4H3,(H2,22,23,24);1H. The van der Waals surface area contributed by atoms with E-state index in [4.69, 9.17) is 9.26 Å². The van der Waals surface area contributed by atoms with Crippen LogP contribution in [0.5, 0.6) is 5.75 Å². The summed E-state index contributed by atoms with van der Waals surface area (Å²) >= 11 is 0. The van der Waals surface area contributed by atoms with Crippen LogP contribution in [0, 0.1) is 0 Å². The van der Waals surface area contributed by atoms with Crippen LogP contribution < -0.4 is 15.4 Å². The lowest BCUT2D eigenvalue weighted by atomic mass is 10.1. The molecule has 7 heteroatoms. The van der Waals surface area contributed by atoms with Crippen LogP contribution in [0.15, 0.2) is 39.8 Å². The molecule has 1 heterocycles. The minimum Gasteiger partial charge on any atom is -0.494 e. The molecule has 0 amide bonds. The number of nitrogens with zero attached hydrogens (tertiary/aromatic N) is 2. The van der Waals surface area contributed by atoms with Crippen LogP contribution in [0.25, 0.3) is 0 Å². The van der Waals surface area contributed by atoms with Crippen molar-refractivity contribution in [1.82, 2.24) is 15.8 Å². The highest BCUT2D eigenvalue weighted by molar-refractivity contribution is 14.0. The van der Waals surface area contributed by atoms with E-state index in [1.54, 1.807) is 0 Å². The molecule has 0 bridgehead atoms. The average molecular weight is 500 g/mol. The summed E-state index contributed by atoms with van der Waals surface area (Å²) in [6.07, 6.45) is 1.91. The number of aliphatic imine (C=N–C) groups is 1. The van der Waals surface area contributed by atoms with E-state index in [0.717, 1.165) is 55.7 Å². The summed E-state index contributed by atoms with van der Waals surface area (Å²) in [7, 11) is 0. The third-order valence-electron chi connectivity index (χ3n) is 3.98. The number of nitrogens with one attached hydrogen (secondary N) is 2. The van der Waals surface area contributed by atoms with Gasteiger partial charge in [-0.15, -0.1) is 24.0 Å². The van der Waals surface area contributed by atoms with Crippen molar-refractivity contribution in [1.29, 1.82) is 0 Å². The van der Waals surface area contributed by atoms with Gasteiger partial charge in [-0.1, -0.05) is 38.1 Å². The maximum absolute atomic E-state index is 5.70. The van der Waals surface area contributed by atoms with Crippen molar-refractivity contribution < 1.29 is 9.26 Å². The Balaban J connectivity index is 0.00000392. The van der Waals surface area contributed by atoms with Gasteiger partial charge in [-0.3, -0.25) is 0 Å². The molecular formula is C21H33IN4O2. The summed E-state index contributed by atoms with van der Waals surface area (Å²) in [5.41, 5.74) is 2.20. The minimum atomic E-state index is 0. The molecule has 6 nitrogen and oxygen atoms in total. The zero-order chi connectivity index (χ0) is 19.5. The van der Waals surface area contributed by atoms with Gasteiger partial charge in [0.25, 0.3) is 0 Å². The zero-order valence-electron chi connectivity index (χ0n) is 17.3. The SMILES string of the molecule is CCCOc1cccc(CCNC(=NCc2cc(C(C)C)no2)NCC)c1.I. The summed E-state index contributed by atoms with van der Waals surface area (Å²) in [6, 6.07) is 10.2. The maximum atomic E-state index is 5.70. The molecule has 0 saturated heterocycles. The van der Waals surface area contributed by atoms with Gasteiger partial charge in [0.05, 0.1) is 12.3 Å². The largest absolute Gasteiger partial charge is 0.494 e. The van der Waals surface area contributed by atoms with Gasteiger partial charge in [0.1, 0.15) is 12.3 Å². The van der Waals surface area contributed by atoms with Crippen molar-refractivity contribution in [3.63, 3.8) is 0 Å². The summed E-state index contributed by atoms with van der Waals surface area (Å²) in [6.45, 7) is 11.2. The summed E-state index contributed by atoms with van der Waals surface area (Å²) < 4.78 is 11.0. The van der Waals surface area contributed by atoms with Crippen molar-refractivity contribution >= 4 is 29.9 Å². The smallest absolute Gasteiger partial charge is 0.191 e. The lowest BCUT2D eigenvalue weighted by Gasteiger charge is -2.11. The topological polar surface area (TPSA) is 71.7 Å². The van der Waals surface area contributed by atoms with E-state index in [-0.39, 0.29) is 24.0 Å². The van der Waals surface area contributed by atoms with Gasteiger partial charge in [0.15, 0.2) is 11.7 Å². The van der Waals surface area contributed by atoms with Crippen LogP contribution in [0.4, 0.5) is 0 Å². The molecule has 0 unspecified atom stereocenters. The number of rotatable bonds is 10. The molecular weight excluding hydrogens is 467 g/mol. The van der Waals surface area contributed by atoms with Gasteiger partial charge in [0, 0.05) is 19.2 Å². The Morgan fingerprint density at radius 2 is 2.04 bits per heavy atom. The van der Waals surface area contributed by atoms with Crippen LogP contribution in [-0.4, -0.2) is 30.8 Å². The number of benzene rings is 1. The van der Waals surface area contributed by atoms with Crippen LogP contribution in [0.2, 0.25) is 0 Å². The van der Waals surface area contributed by atoms with Crippen molar-refractivity contribution in [3.05, 3.63) is 47.3 Å². The molecule has 0 radical (unpaired) electrons. The molecule has 0 saturated carbocycles. The average Bonchev–Trinajstić information content (AvgIpc) is 3.14. The van der Waals surface area contributed by atoms with Gasteiger partial charge < -0.3 is 19.9 Å². The van der Waals surface area contributed by atoms with Crippen LogP contribution >= 0.6 is 24.0 Å². The fourth-order valence-corrected chi connectivity index (χ4v) is 2.51. The fraction of sp³-hybridized carbons (Fsp3) is 0.524. The Morgan fingerprint density at radius 3 is 2.71 bits per heavy atom. The van der Waals surface area contributed by atoms with Crippen molar-refractivity contribution in [3.8, 4) is 5.75 Å². The number of guanidine groups is 1. The van der Waals surface area contributed by atoms with E-state index in [1.807, 2.05) is 18.2 Å². The van der Waals surface area contributed by atoms with E-state index < -0.39 is 0 Å². The maximum Gasteiger partial charge on any atom is 0.191 e. The molecule has 28 heavy (non-hydrogen) atoms. The first kappa shape index (κ1) is 24.3. The molecule has 0 fully saturated rings. The second-order valence-corrected chi connectivity index (χ2v) is 6.74. The van der Waals surface area contributed by atoms with Gasteiger partial charge in [-0.25, -0.2) is 4.99 Å². The molecule has 2 N–H and O–H groups in total. The third-order valence-corrected chi connectivity index (χ3v) is 3.98. The van der Waals surface area contributed by atoms with Crippen molar-refractivity contribution in [2.75, 3.05) is 19.7 Å². The van der Waals surface area contributed by atoms with E-state index in [2.05, 4.69) is 60.6 Å². The molecule has 156 valence electrons. The van der Waals surface area contributed by atoms with Gasteiger partial charge >= 0.3 is 0 Å². The predicted molar refractivity (Wildman–Crippen MR) is 125 cm³/mol. The molecule has 1 aromatic heterocycles. The molecule has 0 atom stereocenters. The second-order valence-electron chi connectivity index (χ2n) is 6.74.